The Morgan fingerprint density at radius 1 is 1.50 bits per heavy atom. The van der Waals surface area contributed by atoms with Gasteiger partial charge in [0, 0.05) is 23.4 Å². The molecule has 2 aromatic rings. The Hall–Kier alpha value is -0.580. The van der Waals surface area contributed by atoms with Crippen molar-refractivity contribution in [3.63, 3.8) is 0 Å². The first-order valence-electron chi connectivity index (χ1n) is 6.95. The molecule has 2 heterocycles. The molecule has 1 atom stereocenters. The van der Waals surface area contributed by atoms with Crippen molar-refractivity contribution in [3.05, 3.63) is 28.5 Å². The third kappa shape index (κ3) is 2.49. The molecule has 1 aromatic carbocycles. The highest BCUT2D eigenvalue weighted by Crippen LogP contribution is 2.33. The number of aryl methyl sites for hydroxylation is 1. The Morgan fingerprint density at radius 3 is 3.05 bits per heavy atom. The van der Waals surface area contributed by atoms with Crippen LogP contribution in [0.15, 0.2) is 22.7 Å². The van der Waals surface area contributed by atoms with E-state index in [2.05, 4.69) is 45.6 Å². The smallest absolute Gasteiger partial charge is 0.111 e. The predicted octanol–water partition coefficient (Wildman–Crippen LogP) is 4.11. The van der Waals surface area contributed by atoms with E-state index in [-0.39, 0.29) is 5.54 Å². The van der Waals surface area contributed by atoms with Crippen LogP contribution in [0.3, 0.4) is 0 Å². The third-order valence-corrected chi connectivity index (χ3v) is 4.64. The Kier molecular flexibility index (Phi) is 4.07. The van der Waals surface area contributed by atoms with Gasteiger partial charge in [0.2, 0.25) is 0 Å². The molecule has 0 amide bonds. The summed E-state index contributed by atoms with van der Waals surface area (Å²) in [6.07, 6.45) is 2.99. The van der Waals surface area contributed by atoms with Gasteiger partial charge in [-0.25, -0.2) is 4.98 Å². The summed E-state index contributed by atoms with van der Waals surface area (Å²) in [5, 5.41) is 0. The van der Waals surface area contributed by atoms with Gasteiger partial charge in [0.15, 0.2) is 0 Å². The van der Waals surface area contributed by atoms with E-state index in [0.29, 0.717) is 5.88 Å². The van der Waals surface area contributed by atoms with Crippen LogP contribution in [0, 0.1) is 0 Å². The molecular weight excluding hydrogens is 340 g/mol. The summed E-state index contributed by atoms with van der Waals surface area (Å²) in [6, 6.07) is 6.26. The molecule has 5 heteroatoms. The average molecular weight is 358 g/mol. The van der Waals surface area contributed by atoms with Crippen LogP contribution in [0.4, 0.5) is 0 Å². The number of imidazole rings is 1. The first kappa shape index (κ1) is 14.4. The number of rotatable bonds is 3. The minimum atomic E-state index is -0.0256. The molecule has 108 valence electrons. The molecule has 0 bridgehead atoms. The number of hydrogen-bond acceptors (Lipinski definition) is 2. The Balaban J connectivity index is 2.17. The van der Waals surface area contributed by atoms with Crippen molar-refractivity contribution in [2.45, 2.75) is 31.7 Å². The lowest BCUT2D eigenvalue weighted by Crippen LogP contribution is -2.40. The number of halogens is 2. The second-order valence-electron chi connectivity index (χ2n) is 5.59. The van der Waals surface area contributed by atoms with E-state index >= 15 is 0 Å². The van der Waals surface area contributed by atoms with Crippen LogP contribution in [-0.4, -0.2) is 28.6 Å². The lowest BCUT2D eigenvalue weighted by atomic mass is 9.94. The summed E-state index contributed by atoms with van der Waals surface area (Å²) in [7, 11) is 0. The fourth-order valence-corrected chi connectivity index (χ4v) is 3.57. The van der Waals surface area contributed by atoms with Crippen LogP contribution < -0.4 is 0 Å². The molecule has 1 unspecified atom stereocenters. The molecule has 3 nitrogen and oxygen atoms in total. The van der Waals surface area contributed by atoms with E-state index in [9.17, 15) is 0 Å². The van der Waals surface area contributed by atoms with Crippen LogP contribution in [0.2, 0.25) is 0 Å². The maximum absolute atomic E-state index is 5.96. The van der Waals surface area contributed by atoms with E-state index in [4.69, 9.17) is 21.3 Å². The van der Waals surface area contributed by atoms with Crippen molar-refractivity contribution in [1.29, 1.82) is 0 Å². The van der Waals surface area contributed by atoms with E-state index in [1.807, 2.05) is 0 Å². The first-order chi connectivity index (χ1) is 9.64. The standard InChI is InChI=1S/C15H18BrClN2O/c1-15(6-2-8-20-10-15)19-13-4-3-11(16)9-12(13)18-14(19)5-7-17/h3-4,9H,2,5-8,10H2,1H3. The molecule has 1 fully saturated rings. The number of hydrogen-bond donors (Lipinski definition) is 0. The number of aromatic nitrogens is 2. The van der Waals surface area contributed by atoms with Gasteiger partial charge < -0.3 is 9.30 Å². The molecule has 3 rings (SSSR count). The molecule has 0 saturated carbocycles. The minimum absolute atomic E-state index is 0.0256. The average Bonchev–Trinajstić information content (AvgIpc) is 2.77. The molecule has 1 saturated heterocycles. The number of ether oxygens (including phenoxy) is 1. The van der Waals surface area contributed by atoms with Gasteiger partial charge in [-0.2, -0.15) is 0 Å². The topological polar surface area (TPSA) is 27.1 Å². The number of fused-ring (bicyclic) bond motifs is 1. The molecule has 1 aliphatic heterocycles. The van der Waals surface area contributed by atoms with E-state index in [1.165, 1.54) is 5.52 Å². The van der Waals surface area contributed by atoms with Crippen molar-refractivity contribution in [3.8, 4) is 0 Å². The summed E-state index contributed by atoms with van der Waals surface area (Å²) in [5.74, 6) is 1.64. The van der Waals surface area contributed by atoms with E-state index in [0.717, 1.165) is 48.3 Å². The second kappa shape index (κ2) is 5.66. The summed E-state index contributed by atoms with van der Waals surface area (Å²) >= 11 is 9.47. The van der Waals surface area contributed by atoms with Gasteiger partial charge in [0.1, 0.15) is 5.82 Å². The SMILES string of the molecule is CC1(n2c(CCCl)nc3cc(Br)ccc32)CCCOC1. The van der Waals surface area contributed by atoms with Gasteiger partial charge >= 0.3 is 0 Å². The predicted molar refractivity (Wildman–Crippen MR) is 85.6 cm³/mol. The van der Waals surface area contributed by atoms with Crippen molar-refractivity contribution in [2.75, 3.05) is 19.1 Å². The number of benzene rings is 1. The molecule has 0 N–H and O–H groups in total. The monoisotopic (exact) mass is 356 g/mol. The maximum Gasteiger partial charge on any atom is 0.111 e. The van der Waals surface area contributed by atoms with Gasteiger partial charge in [-0.1, -0.05) is 15.9 Å². The van der Waals surface area contributed by atoms with Crippen LogP contribution in [0.1, 0.15) is 25.6 Å². The fourth-order valence-electron chi connectivity index (χ4n) is 3.05. The van der Waals surface area contributed by atoms with Crippen LogP contribution in [0.25, 0.3) is 11.0 Å². The summed E-state index contributed by atoms with van der Waals surface area (Å²) in [6.45, 7) is 3.86. The quantitative estimate of drug-likeness (QED) is 0.773. The maximum atomic E-state index is 5.96. The molecule has 0 aliphatic carbocycles. The van der Waals surface area contributed by atoms with Crippen LogP contribution >= 0.6 is 27.5 Å². The Bertz CT molecular complexity index is 620. The first-order valence-corrected chi connectivity index (χ1v) is 8.28. The number of alkyl halides is 1. The van der Waals surface area contributed by atoms with Crippen molar-refractivity contribution in [1.82, 2.24) is 9.55 Å². The molecule has 0 radical (unpaired) electrons. The highest BCUT2D eigenvalue weighted by Gasteiger charge is 2.33. The van der Waals surface area contributed by atoms with E-state index in [1.54, 1.807) is 0 Å². The summed E-state index contributed by atoms with van der Waals surface area (Å²) in [4.78, 5) is 4.78. The Labute approximate surface area is 132 Å². The normalized spacial score (nSPS) is 23.4. The second-order valence-corrected chi connectivity index (χ2v) is 6.88. The van der Waals surface area contributed by atoms with Crippen molar-refractivity contribution >= 4 is 38.6 Å². The molecular formula is C15H18BrClN2O. The van der Waals surface area contributed by atoms with Crippen LogP contribution in [0.5, 0.6) is 0 Å². The van der Waals surface area contributed by atoms with Crippen molar-refractivity contribution in [2.24, 2.45) is 0 Å². The van der Waals surface area contributed by atoms with Gasteiger partial charge in [0.25, 0.3) is 0 Å². The molecule has 20 heavy (non-hydrogen) atoms. The molecule has 1 aliphatic rings. The van der Waals surface area contributed by atoms with Crippen molar-refractivity contribution < 1.29 is 4.74 Å². The van der Waals surface area contributed by atoms with Gasteiger partial charge in [0.05, 0.1) is 23.2 Å². The minimum Gasteiger partial charge on any atom is -0.379 e. The van der Waals surface area contributed by atoms with Gasteiger partial charge in [-0.3, -0.25) is 0 Å². The molecule has 1 aromatic heterocycles. The summed E-state index contributed by atoms with van der Waals surface area (Å²) < 4.78 is 9.12. The fraction of sp³-hybridized carbons (Fsp3) is 0.533. The van der Waals surface area contributed by atoms with Gasteiger partial charge in [-0.15, -0.1) is 11.6 Å². The van der Waals surface area contributed by atoms with Gasteiger partial charge in [-0.05, 0) is 38.0 Å². The zero-order valence-corrected chi connectivity index (χ0v) is 13.9. The highest BCUT2D eigenvalue weighted by molar-refractivity contribution is 9.10. The Morgan fingerprint density at radius 2 is 2.35 bits per heavy atom. The van der Waals surface area contributed by atoms with Crippen LogP contribution in [-0.2, 0) is 16.7 Å². The third-order valence-electron chi connectivity index (χ3n) is 3.96. The number of nitrogens with zero attached hydrogens (tertiary/aromatic N) is 2. The molecule has 0 spiro atoms. The zero-order chi connectivity index (χ0) is 14.2. The lowest BCUT2D eigenvalue weighted by molar-refractivity contribution is 0.0102. The van der Waals surface area contributed by atoms with E-state index < -0.39 is 0 Å². The summed E-state index contributed by atoms with van der Waals surface area (Å²) in [5.41, 5.74) is 2.16. The largest absolute Gasteiger partial charge is 0.379 e. The lowest BCUT2D eigenvalue weighted by Gasteiger charge is -2.36. The zero-order valence-electron chi connectivity index (χ0n) is 11.5. The highest BCUT2D eigenvalue weighted by atomic mass is 79.9.